The Morgan fingerprint density at radius 1 is 1.17 bits per heavy atom. The lowest BCUT2D eigenvalue weighted by Crippen LogP contribution is -2.32. The lowest BCUT2D eigenvalue weighted by molar-refractivity contribution is -0.116. The predicted molar refractivity (Wildman–Crippen MR) is 118 cm³/mol. The predicted octanol–water partition coefficient (Wildman–Crippen LogP) is 4.18. The third kappa shape index (κ3) is 5.56. The van der Waals surface area contributed by atoms with E-state index in [2.05, 4.69) is 26.4 Å². The van der Waals surface area contributed by atoms with E-state index in [4.69, 9.17) is 4.52 Å². The molecule has 2 aromatic carbocycles. The maximum absolute atomic E-state index is 13.0. The van der Waals surface area contributed by atoms with E-state index in [1.54, 1.807) is 37.3 Å². The fourth-order valence-electron chi connectivity index (χ4n) is 3.05. The van der Waals surface area contributed by atoms with E-state index in [9.17, 15) is 13.2 Å². The largest absolute Gasteiger partial charge is 0.360 e. The number of aromatic nitrogens is 1. The molecule has 0 bridgehead atoms. The molecule has 0 radical (unpaired) electrons. The van der Waals surface area contributed by atoms with Crippen molar-refractivity contribution >= 4 is 37.7 Å². The number of aryl methyl sites for hydroxylation is 1. The van der Waals surface area contributed by atoms with Crippen LogP contribution in [0.2, 0.25) is 0 Å². The van der Waals surface area contributed by atoms with Crippen molar-refractivity contribution in [2.45, 2.75) is 24.2 Å². The fraction of sp³-hybridized carbons (Fsp3) is 0.238. The fourth-order valence-corrected chi connectivity index (χ4v) is 4.53. The average molecular weight is 492 g/mol. The molecule has 0 fully saturated rings. The number of benzene rings is 2. The number of nitrogens with zero attached hydrogens (tertiary/aromatic N) is 2. The summed E-state index contributed by atoms with van der Waals surface area (Å²) in [6.07, 6.45) is 0.0934. The maximum Gasteiger partial charge on any atom is 0.242 e. The molecule has 9 heteroatoms. The van der Waals surface area contributed by atoms with Gasteiger partial charge in [0.25, 0.3) is 0 Å². The molecule has 0 saturated carbocycles. The van der Waals surface area contributed by atoms with Crippen LogP contribution in [-0.2, 0) is 14.8 Å². The van der Waals surface area contributed by atoms with Crippen molar-refractivity contribution in [1.82, 2.24) is 9.46 Å². The second kappa shape index (κ2) is 9.55. The lowest BCUT2D eigenvalue weighted by Gasteiger charge is -2.24. The van der Waals surface area contributed by atoms with Gasteiger partial charge >= 0.3 is 0 Å². The van der Waals surface area contributed by atoms with Crippen LogP contribution in [0.15, 0.2) is 74.6 Å². The Morgan fingerprint density at radius 3 is 2.43 bits per heavy atom. The second-order valence-electron chi connectivity index (χ2n) is 6.92. The molecule has 0 aliphatic carbocycles. The zero-order chi connectivity index (χ0) is 21.7. The molecule has 0 aliphatic heterocycles. The van der Waals surface area contributed by atoms with E-state index in [1.807, 2.05) is 30.3 Å². The Labute approximate surface area is 184 Å². The number of anilines is 1. The third-order valence-electron chi connectivity index (χ3n) is 4.60. The molecule has 0 saturated heterocycles. The molecule has 0 unspecified atom stereocenters. The van der Waals surface area contributed by atoms with E-state index in [0.29, 0.717) is 11.6 Å². The van der Waals surface area contributed by atoms with Crippen molar-refractivity contribution in [3.8, 4) is 0 Å². The van der Waals surface area contributed by atoms with Crippen LogP contribution in [0.5, 0.6) is 0 Å². The molecule has 7 nitrogen and oxygen atoms in total. The molecule has 1 N–H and O–H groups in total. The highest BCUT2D eigenvalue weighted by Gasteiger charge is 2.26. The van der Waals surface area contributed by atoms with Gasteiger partial charge in [-0.3, -0.25) is 4.79 Å². The molecule has 30 heavy (non-hydrogen) atoms. The Balaban J connectivity index is 1.78. The van der Waals surface area contributed by atoms with Gasteiger partial charge in [-0.15, -0.1) is 0 Å². The van der Waals surface area contributed by atoms with Crippen LogP contribution in [0.1, 0.15) is 23.7 Å². The molecular formula is C21H22BrN3O4S. The van der Waals surface area contributed by atoms with Gasteiger partial charge in [-0.2, -0.15) is 0 Å². The minimum Gasteiger partial charge on any atom is -0.360 e. The quantitative estimate of drug-likeness (QED) is 0.510. The first kappa shape index (κ1) is 22.2. The number of halogens is 1. The van der Waals surface area contributed by atoms with Crippen molar-refractivity contribution in [3.63, 3.8) is 0 Å². The highest BCUT2D eigenvalue weighted by molar-refractivity contribution is 9.10. The minimum atomic E-state index is -3.70. The van der Waals surface area contributed by atoms with E-state index in [0.717, 1.165) is 10.0 Å². The highest BCUT2D eigenvalue weighted by atomic mass is 79.9. The summed E-state index contributed by atoms with van der Waals surface area (Å²) in [7, 11) is -2.18. The van der Waals surface area contributed by atoms with E-state index in [1.165, 1.54) is 11.4 Å². The van der Waals surface area contributed by atoms with E-state index >= 15 is 0 Å². The monoisotopic (exact) mass is 491 g/mol. The van der Waals surface area contributed by atoms with Gasteiger partial charge in [0.05, 0.1) is 4.90 Å². The van der Waals surface area contributed by atoms with E-state index in [-0.39, 0.29) is 29.7 Å². The van der Waals surface area contributed by atoms with Crippen LogP contribution in [0.4, 0.5) is 5.82 Å². The molecule has 0 spiro atoms. The van der Waals surface area contributed by atoms with Gasteiger partial charge in [0.15, 0.2) is 5.82 Å². The third-order valence-corrected chi connectivity index (χ3v) is 6.96. The number of rotatable bonds is 8. The number of hydrogen-bond acceptors (Lipinski definition) is 5. The van der Waals surface area contributed by atoms with Crippen molar-refractivity contribution in [3.05, 3.63) is 76.5 Å². The number of amides is 1. The Kier molecular flexibility index (Phi) is 7.06. The molecule has 1 atom stereocenters. The smallest absolute Gasteiger partial charge is 0.242 e. The van der Waals surface area contributed by atoms with Crippen LogP contribution < -0.4 is 5.32 Å². The molecule has 0 aliphatic rings. The van der Waals surface area contributed by atoms with Gasteiger partial charge in [-0.25, -0.2) is 12.7 Å². The number of carbonyl (C=O) groups is 1. The van der Waals surface area contributed by atoms with Crippen LogP contribution >= 0.6 is 15.9 Å². The first-order valence-corrected chi connectivity index (χ1v) is 11.5. The molecule has 3 aromatic rings. The number of likely N-dealkylation sites (N-methyl/N-ethyl adjacent to an activating group) is 1. The van der Waals surface area contributed by atoms with Crippen LogP contribution in [0.25, 0.3) is 0 Å². The van der Waals surface area contributed by atoms with Gasteiger partial charge in [-0.05, 0) is 36.8 Å². The Morgan fingerprint density at radius 2 is 1.83 bits per heavy atom. The summed E-state index contributed by atoms with van der Waals surface area (Å²) >= 11 is 3.31. The highest BCUT2D eigenvalue weighted by Crippen LogP contribution is 2.25. The van der Waals surface area contributed by atoms with E-state index < -0.39 is 10.0 Å². The standard InChI is InChI=1S/C21H22BrN3O4S/c1-15-12-20(24-29-15)23-21(26)13-17(16-6-4-3-5-7-16)14-25(2)30(27,28)19-10-8-18(22)9-11-19/h3-12,17H,13-14H2,1-2H3,(H,23,24,26)/t17-/m0/s1. The maximum atomic E-state index is 13.0. The van der Waals surface area contributed by atoms with Gasteiger partial charge in [0, 0.05) is 36.5 Å². The molecule has 1 amide bonds. The zero-order valence-electron chi connectivity index (χ0n) is 16.6. The summed E-state index contributed by atoms with van der Waals surface area (Å²) in [6.45, 7) is 1.88. The summed E-state index contributed by atoms with van der Waals surface area (Å²) in [5, 5.41) is 6.46. The summed E-state index contributed by atoms with van der Waals surface area (Å²) in [4.78, 5) is 12.8. The lowest BCUT2D eigenvalue weighted by atomic mass is 9.95. The van der Waals surface area contributed by atoms with Gasteiger partial charge < -0.3 is 9.84 Å². The van der Waals surface area contributed by atoms with Gasteiger partial charge in [-0.1, -0.05) is 51.4 Å². The number of nitrogens with one attached hydrogen (secondary N) is 1. The second-order valence-corrected chi connectivity index (χ2v) is 9.88. The van der Waals surface area contributed by atoms with Gasteiger partial charge in [0.1, 0.15) is 5.76 Å². The van der Waals surface area contributed by atoms with Crippen molar-refractivity contribution in [2.24, 2.45) is 0 Å². The topological polar surface area (TPSA) is 92.5 Å². The number of sulfonamides is 1. The first-order valence-electron chi connectivity index (χ1n) is 9.26. The van der Waals surface area contributed by atoms with Crippen LogP contribution in [0.3, 0.4) is 0 Å². The van der Waals surface area contributed by atoms with Crippen molar-refractivity contribution in [2.75, 3.05) is 18.9 Å². The number of carbonyl (C=O) groups excluding carboxylic acids is 1. The molecule has 1 heterocycles. The SMILES string of the molecule is Cc1cc(NC(=O)C[C@@H](CN(C)S(=O)(=O)c2ccc(Br)cc2)c2ccccc2)no1. The molecule has 1 aromatic heterocycles. The Hall–Kier alpha value is -2.49. The normalized spacial score (nSPS) is 12.7. The van der Waals surface area contributed by atoms with Crippen molar-refractivity contribution in [1.29, 1.82) is 0 Å². The van der Waals surface area contributed by atoms with Crippen molar-refractivity contribution < 1.29 is 17.7 Å². The summed E-state index contributed by atoms with van der Waals surface area (Å²) in [5.41, 5.74) is 0.877. The van der Waals surface area contributed by atoms with Gasteiger partial charge in [0.2, 0.25) is 15.9 Å². The van der Waals surface area contributed by atoms with Crippen LogP contribution in [-0.4, -0.2) is 37.4 Å². The van der Waals surface area contributed by atoms with Crippen LogP contribution in [0, 0.1) is 6.92 Å². The number of hydrogen-bond donors (Lipinski definition) is 1. The molecule has 3 rings (SSSR count). The summed E-state index contributed by atoms with van der Waals surface area (Å²) in [5.74, 6) is 0.311. The average Bonchev–Trinajstić information content (AvgIpc) is 3.12. The summed E-state index contributed by atoms with van der Waals surface area (Å²) < 4.78 is 33.0. The molecule has 158 valence electrons. The zero-order valence-corrected chi connectivity index (χ0v) is 19.0. The minimum absolute atomic E-state index is 0.0934. The molecular weight excluding hydrogens is 470 g/mol. The Bertz CT molecular complexity index is 1100. The summed E-state index contributed by atoms with van der Waals surface area (Å²) in [6, 6.07) is 17.5. The first-order chi connectivity index (χ1) is 14.3.